The van der Waals surface area contributed by atoms with Gasteiger partial charge in [0.1, 0.15) is 11.4 Å². The predicted octanol–water partition coefficient (Wildman–Crippen LogP) is 3.83. The van der Waals surface area contributed by atoms with Gasteiger partial charge in [0.05, 0.1) is 13.2 Å². The molecule has 3 heterocycles. The number of halogens is 1. The van der Waals surface area contributed by atoms with Gasteiger partial charge in [-0.25, -0.2) is 9.18 Å². The molecule has 0 aliphatic carbocycles. The van der Waals surface area contributed by atoms with Gasteiger partial charge in [-0.05, 0) is 51.8 Å². The molecule has 1 aromatic carbocycles. The Hall–Kier alpha value is -2.68. The number of hydrogen-bond acceptors (Lipinski definition) is 7. The number of rotatable bonds is 3. The quantitative estimate of drug-likeness (QED) is 0.729. The summed E-state index contributed by atoms with van der Waals surface area (Å²) < 4.78 is 30.6. The van der Waals surface area contributed by atoms with Crippen molar-refractivity contribution >= 4 is 11.8 Å². The fourth-order valence-electron chi connectivity index (χ4n) is 3.87. The van der Waals surface area contributed by atoms with E-state index in [1.165, 1.54) is 12.1 Å². The fraction of sp³-hybridized carbons (Fsp3) is 0.591. The summed E-state index contributed by atoms with van der Waals surface area (Å²) in [5, 5.41) is 4.14. The van der Waals surface area contributed by atoms with Gasteiger partial charge in [0.2, 0.25) is 0 Å². The van der Waals surface area contributed by atoms with Gasteiger partial charge in [-0.15, -0.1) is 0 Å². The Morgan fingerprint density at radius 2 is 1.84 bits per heavy atom. The summed E-state index contributed by atoms with van der Waals surface area (Å²) in [5.74, 6) is 0.641. The Morgan fingerprint density at radius 1 is 1.13 bits per heavy atom. The molecule has 0 unspecified atom stereocenters. The third-order valence-electron chi connectivity index (χ3n) is 5.46. The van der Waals surface area contributed by atoms with Gasteiger partial charge in [0.15, 0.2) is 5.82 Å². The zero-order valence-electron chi connectivity index (χ0n) is 18.3. The van der Waals surface area contributed by atoms with Crippen LogP contribution in [-0.4, -0.2) is 66.1 Å². The molecule has 1 aromatic heterocycles. The SMILES string of the molecule is CC(C)(C)OC(=O)N1CCC(c2noc(-c3cc(F)cc(N4CCOCC4)c3)n2)CC1. The van der Waals surface area contributed by atoms with E-state index in [-0.39, 0.29) is 17.8 Å². The van der Waals surface area contributed by atoms with Crippen LogP contribution in [0.2, 0.25) is 0 Å². The van der Waals surface area contributed by atoms with Crippen LogP contribution in [0.5, 0.6) is 0 Å². The van der Waals surface area contributed by atoms with Crippen molar-refractivity contribution in [2.24, 2.45) is 0 Å². The molecule has 0 spiro atoms. The first-order valence-electron chi connectivity index (χ1n) is 10.7. The van der Waals surface area contributed by atoms with Crippen molar-refractivity contribution in [3.05, 3.63) is 29.8 Å². The second kappa shape index (κ2) is 8.82. The number of nitrogens with zero attached hydrogens (tertiary/aromatic N) is 4. The molecule has 1 amide bonds. The minimum absolute atomic E-state index is 0.0865. The Morgan fingerprint density at radius 3 is 2.52 bits per heavy atom. The highest BCUT2D eigenvalue weighted by Gasteiger charge is 2.30. The molecule has 2 saturated heterocycles. The van der Waals surface area contributed by atoms with Gasteiger partial charge in [0, 0.05) is 43.3 Å². The summed E-state index contributed by atoms with van der Waals surface area (Å²) in [6.07, 6.45) is 1.15. The largest absolute Gasteiger partial charge is 0.444 e. The van der Waals surface area contributed by atoms with Gasteiger partial charge in [-0.3, -0.25) is 0 Å². The lowest BCUT2D eigenvalue weighted by Gasteiger charge is -2.32. The molecular weight excluding hydrogens is 403 g/mol. The topological polar surface area (TPSA) is 80.9 Å². The first kappa shape index (κ1) is 21.5. The molecular formula is C22H29FN4O4. The van der Waals surface area contributed by atoms with Crippen molar-refractivity contribution in [1.29, 1.82) is 0 Å². The summed E-state index contributed by atoms with van der Waals surface area (Å²) >= 11 is 0. The van der Waals surface area contributed by atoms with E-state index in [1.807, 2.05) is 26.8 Å². The average molecular weight is 432 g/mol. The molecule has 0 N–H and O–H groups in total. The first-order chi connectivity index (χ1) is 14.8. The van der Waals surface area contributed by atoms with E-state index in [4.69, 9.17) is 14.0 Å². The number of piperidine rings is 1. The highest BCUT2D eigenvalue weighted by atomic mass is 19.1. The Bertz CT molecular complexity index is 912. The number of aromatic nitrogens is 2. The Balaban J connectivity index is 1.42. The van der Waals surface area contributed by atoms with Crippen LogP contribution in [0.1, 0.15) is 45.4 Å². The monoisotopic (exact) mass is 432 g/mol. The molecule has 0 radical (unpaired) electrons. The number of hydrogen-bond donors (Lipinski definition) is 0. The smallest absolute Gasteiger partial charge is 0.410 e. The maximum absolute atomic E-state index is 14.3. The first-order valence-corrected chi connectivity index (χ1v) is 10.7. The normalized spacial score (nSPS) is 18.3. The summed E-state index contributed by atoms with van der Waals surface area (Å²) in [7, 11) is 0. The summed E-state index contributed by atoms with van der Waals surface area (Å²) in [6.45, 7) is 9.40. The van der Waals surface area contributed by atoms with Gasteiger partial charge in [-0.2, -0.15) is 4.98 Å². The molecule has 2 aromatic rings. The minimum Gasteiger partial charge on any atom is -0.444 e. The predicted molar refractivity (Wildman–Crippen MR) is 113 cm³/mol. The number of anilines is 1. The molecule has 2 fully saturated rings. The summed E-state index contributed by atoms with van der Waals surface area (Å²) in [6, 6.07) is 4.79. The maximum atomic E-state index is 14.3. The molecule has 0 bridgehead atoms. The summed E-state index contributed by atoms with van der Waals surface area (Å²) in [4.78, 5) is 20.6. The molecule has 9 heteroatoms. The number of likely N-dealkylation sites (tertiary alicyclic amines) is 1. The minimum atomic E-state index is -0.512. The van der Waals surface area contributed by atoms with Crippen LogP contribution in [-0.2, 0) is 9.47 Å². The van der Waals surface area contributed by atoms with Crippen LogP contribution in [0.25, 0.3) is 11.5 Å². The van der Waals surface area contributed by atoms with Crippen LogP contribution in [0.4, 0.5) is 14.9 Å². The van der Waals surface area contributed by atoms with Crippen molar-refractivity contribution < 1.29 is 23.2 Å². The molecule has 2 aliphatic rings. The molecule has 2 aliphatic heterocycles. The van der Waals surface area contributed by atoms with Gasteiger partial charge in [-0.1, -0.05) is 5.16 Å². The molecule has 31 heavy (non-hydrogen) atoms. The van der Waals surface area contributed by atoms with E-state index in [0.717, 1.165) is 18.5 Å². The fourth-order valence-corrected chi connectivity index (χ4v) is 3.87. The second-order valence-electron chi connectivity index (χ2n) is 9.00. The second-order valence-corrected chi connectivity index (χ2v) is 9.00. The van der Waals surface area contributed by atoms with Crippen molar-refractivity contribution in [3.63, 3.8) is 0 Å². The van der Waals surface area contributed by atoms with Gasteiger partial charge in [0.25, 0.3) is 5.89 Å². The zero-order chi connectivity index (χ0) is 22.0. The number of amides is 1. The number of morpholine rings is 1. The number of carbonyl (C=O) groups excluding carboxylic acids is 1. The highest BCUT2D eigenvalue weighted by Crippen LogP contribution is 2.30. The van der Waals surface area contributed by atoms with Crippen LogP contribution >= 0.6 is 0 Å². The Labute approximate surface area is 181 Å². The van der Waals surface area contributed by atoms with E-state index in [0.29, 0.717) is 56.7 Å². The van der Waals surface area contributed by atoms with E-state index >= 15 is 0 Å². The zero-order valence-corrected chi connectivity index (χ0v) is 18.3. The third-order valence-corrected chi connectivity index (χ3v) is 5.46. The maximum Gasteiger partial charge on any atom is 0.410 e. The molecule has 0 atom stereocenters. The van der Waals surface area contributed by atoms with E-state index in [9.17, 15) is 9.18 Å². The molecule has 4 rings (SSSR count). The average Bonchev–Trinajstić information content (AvgIpc) is 3.23. The van der Waals surface area contributed by atoms with Crippen LogP contribution in [0.3, 0.4) is 0 Å². The van der Waals surface area contributed by atoms with Crippen LogP contribution < -0.4 is 4.90 Å². The van der Waals surface area contributed by atoms with Crippen molar-refractivity contribution in [1.82, 2.24) is 15.0 Å². The lowest BCUT2D eigenvalue weighted by atomic mass is 9.96. The highest BCUT2D eigenvalue weighted by molar-refractivity contribution is 5.68. The van der Waals surface area contributed by atoms with E-state index in [2.05, 4.69) is 15.0 Å². The van der Waals surface area contributed by atoms with Crippen molar-refractivity contribution in [2.45, 2.75) is 45.1 Å². The standard InChI is InChI=1S/C22H29FN4O4/c1-22(2,3)30-21(28)27-6-4-15(5-7-27)19-24-20(31-25-19)16-12-17(23)14-18(13-16)26-8-10-29-11-9-26/h12-15H,4-11H2,1-3H3. The van der Waals surface area contributed by atoms with Crippen molar-refractivity contribution in [2.75, 3.05) is 44.3 Å². The van der Waals surface area contributed by atoms with E-state index < -0.39 is 5.60 Å². The lowest BCUT2D eigenvalue weighted by Crippen LogP contribution is -2.41. The van der Waals surface area contributed by atoms with Crippen molar-refractivity contribution in [3.8, 4) is 11.5 Å². The molecule has 8 nitrogen and oxygen atoms in total. The van der Waals surface area contributed by atoms with E-state index in [1.54, 1.807) is 4.90 Å². The molecule has 0 saturated carbocycles. The third kappa shape index (κ3) is 5.33. The Kier molecular flexibility index (Phi) is 6.13. The van der Waals surface area contributed by atoms with Gasteiger partial charge < -0.3 is 23.8 Å². The van der Waals surface area contributed by atoms with Crippen LogP contribution in [0.15, 0.2) is 22.7 Å². The van der Waals surface area contributed by atoms with Gasteiger partial charge >= 0.3 is 6.09 Å². The summed E-state index contributed by atoms with van der Waals surface area (Å²) in [5.41, 5.74) is 0.830. The number of carbonyl (C=O) groups is 1. The molecule has 168 valence electrons. The van der Waals surface area contributed by atoms with Crippen LogP contribution in [0, 0.1) is 5.82 Å². The number of benzene rings is 1. The number of ether oxygens (including phenoxy) is 2. The lowest BCUT2D eigenvalue weighted by molar-refractivity contribution is 0.0203.